The van der Waals surface area contributed by atoms with Crippen LogP contribution in [0.15, 0.2) is 34.0 Å². The Morgan fingerprint density at radius 1 is 1.17 bits per heavy atom. The van der Waals surface area contributed by atoms with E-state index in [0.29, 0.717) is 47.9 Å². The van der Waals surface area contributed by atoms with Crippen LogP contribution in [0.3, 0.4) is 0 Å². The van der Waals surface area contributed by atoms with Crippen molar-refractivity contribution in [3.05, 3.63) is 62.2 Å². The van der Waals surface area contributed by atoms with Crippen LogP contribution in [0.5, 0.6) is 0 Å². The van der Waals surface area contributed by atoms with Crippen LogP contribution >= 0.6 is 0 Å². The van der Waals surface area contributed by atoms with Crippen molar-refractivity contribution in [2.45, 2.75) is 43.9 Å². The molecule has 1 atom stereocenters. The van der Waals surface area contributed by atoms with Crippen LogP contribution in [0.25, 0.3) is 10.9 Å². The van der Waals surface area contributed by atoms with Crippen molar-refractivity contribution in [2.24, 2.45) is 12.5 Å². The van der Waals surface area contributed by atoms with Gasteiger partial charge in [0.15, 0.2) is 0 Å². The van der Waals surface area contributed by atoms with Gasteiger partial charge in [-0.1, -0.05) is 0 Å². The molecule has 184 valence electrons. The summed E-state index contributed by atoms with van der Waals surface area (Å²) in [5.74, 6) is 1.06. The summed E-state index contributed by atoms with van der Waals surface area (Å²) < 4.78 is 48.0. The second-order valence-corrected chi connectivity index (χ2v) is 10.1. The van der Waals surface area contributed by atoms with Crippen molar-refractivity contribution in [2.75, 3.05) is 24.6 Å². The van der Waals surface area contributed by atoms with Crippen LogP contribution in [0, 0.1) is 12.3 Å². The van der Waals surface area contributed by atoms with Gasteiger partial charge in [-0.25, -0.2) is 9.97 Å². The number of nitrogens with zero attached hydrogens (tertiary/aromatic N) is 4. The van der Waals surface area contributed by atoms with E-state index >= 15 is 0 Å². The molecule has 2 bridgehead atoms. The Bertz CT molecular complexity index is 1460. The fourth-order valence-electron chi connectivity index (χ4n) is 5.99. The predicted octanol–water partition coefficient (Wildman–Crippen LogP) is 2.89. The molecule has 1 N–H and O–H groups in total. The van der Waals surface area contributed by atoms with Gasteiger partial charge in [0, 0.05) is 43.9 Å². The second-order valence-electron chi connectivity index (χ2n) is 10.1. The summed E-state index contributed by atoms with van der Waals surface area (Å²) in [6.45, 7) is 3.03. The first-order chi connectivity index (χ1) is 16.5. The minimum Gasteiger partial charge on any atom is -0.370 e. The highest BCUT2D eigenvalue weighted by atomic mass is 19.4. The standard InChI is InChI=1S/C24H24F3N5O3/c1-13-29-15-8-17(32-5-6-35-16(9-32)14-3-4-28-18(33)7-14)30-20(19(15)21(34)31(13)2)22-10-23(11-22,12-22)24(25,26)27/h3-4,7-8,16H,5-6,9-12H2,1-2H3,(H,28,33)/t16-,22?,23?/m0/s1. The van der Waals surface area contributed by atoms with Gasteiger partial charge >= 0.3 is 6.18 Å². The summed E-state index contributed by atoms with van der Waals surface area (Å²) in [5, 5.41) is 0.303. The van der Waals surface area contributed by atoms with E-state index in [9.17, 15) is 22.8 Å². The number of ether oxygens (including phenoxy) is 1. The largest absolute Gasteiger partial charge is 0.394 e. The van der Waals surface area contributed by atoms with E-state index in [1.807, 2.05) is 4.90 Å². The zero-order chi connectivity index (χ0) is 24.8. The van der Waals surface area contributed by atoms with Crippen molar-refractivity contribution in [1.29, 1.82) is 0 Å². The van der Waals surface area contributed by atoms with E-state index in [4.69, 9.17) is 9.72 Å². The molecule has 3 saturated carbocycles. The third-order valence-corrected chi connectivity index (χ3v) is 7.97. The minimum atomic E-state index is -4.26. The molecule has 4 heterocycles. The Labute approximate surface area is 197 Å². The molecule has 35 heavy (non-hydrogen) atoms. The number of aromatic amines is 1. The molecule has 3 aromatic rings. The average molecular weight is 487 g/mol. The molecule has 7 rings (SSSR count). The lowest BCUT2D eigenvalue weighted by Gasteiger charge is -2.70. The van der Waals surface area contributed by atoms with Gasteiger partial charge in [0.25, 0.3) is 5.56 Å². The van der Waals surface area contributed by atoms with E-state index < -0.39 is 17.0 Å². The van der Waals surface area contributed by atoms with Crippen LogP contribution in [-0.4, -0.2) is 45.4 Å². The first-order valence-corrected chi connectivity index (χ1v) is 11.5. The lowest BCUT2D eigenvalue weighted by atomic mass is 9.33. The molecule has 4 fully saturated rings. The molecule has 3 aliphatic carbocycles. The lowest BCUT2D eigenvalue weighted by molar-refractivity contribution is -0.337. The smallest absolute Gasteiger partial charge is 0.370 e. The molecule has 11 heteroatoms. The number of H-pyrrole nitrogens is 1. The van der Waals surface area contributed by atoms with Crippen molar-refractivity contribution in [3.63, 3.8) is 0 Å². The number of morpholine rings is 1. The average Bonchev–Trinajstić information content (AvgIpc) is 2.74. The highest BCUT2D eigenvalue weighted by molar-refractivity contribution is 5.84. The van der Waals surface area contributed by atoms with E-state index in [1.54, 1.807) is 32.3 Å². The highest BCUT2D eigenvalue weighted by Gasteiger charge is 2.79. The third kappa shape index (κ3) is 3.17. The molecule has 3 aromatic heterocycles. The maximum Gasteiger partial charge on any atom is 0.394 e. The number of nitrogens with one attached hydrogen (secondary N) is 1. The molecule has 0 unspecified atom stereocenters. The number of alkyl halides is 3. The number of halogens is 3. The van der Waals surface area contributed by atoms with Gasteiger partial charge in [0.1, 0.15) is 17.7 Å². The van der Waals surface area contributed by atoms with Gasteiger partial charge in [-0.2, -0.15) is 13.2 Å². The van der Waals surface area contributed by atoms with E-state index in [2.05, 4.69) is 9.97 Å². The maximum atomic E-state index is 13.6. The topological polar surface area (TPSA) is 93.1 Å². The fourth-order valence-corrected chi connectivity index (χ4v) is 5.99. The summed E-state index contributed by atoms with van der Waals surface area (Å²) in [5.41, 5.74) is -1.36. The molecule has 1 saturated heterocycles. The summed E-state index contributed by atoms with van der Waals surface area (Å²) >= 11 is 0. The number of anilines is 1. The van der Waals surface area contributed by atoms with Crippen molar-refractivity contribution < 1.29 is 17.9 Å². The molecular weight excluding hydrogens is 463 g/mol. The third-order valence-electron chi connectivity index (χ3n) is 7.97. The Balaban J connectivity index is 1.43. The van der Waals surface area contributed by atoms with Crippen LogP contribution in [-0.2, 0) is 17.2 Å². The number of aromatic nitrogens is 4. The van der Waals surface area contributed by atoms with Crippen molar-refractivity contribution in [1.82, 2.24) is 19.5 Å². The number of aryl methyl sites for hydroxylation is 1. The van der Waals surface area contributed by atoms with Gasteiger partial charge in [0.05, 0.1) is 28.6 Å². The molecule has 0 radical (unpaired) electrons. The van der Waals surface area contributed by atoms with Gasteiger partial charge < -0.3 is 14.6 Å². The Morgan fingerprint density at radius 3 is 2.60 bits per heavy atom. The highest BCUT2D eigenvalue weighted by Crippen LogP contribution is 2.78. The lowest BCUT2D eigenvalue weighted by Crippen LogP contribution is -2.70. The number of rotatable bonds is 3. The summed E-state index contributed by atoms with van der Waals surface area (Å²) in [6.07, 6.45) is -3.21. The van der Waals surface area contributed by atoms with E-state index in [0.717, 1.165) is 5.56 Å². The summed E-state index contributed by atoms with van der Waals surface area (Å²) in [6, 6.07) is 5.00. The monoisotopic (exact) mass is 487 g/mol. The Morgan fingerprint density at radius 2 is 1.91 bits per heavy atom. The van der Waals surface area contributed by atoms with Crippen molar-refractivity contribution in [3.8, 4) is 0 Å². The Hall–Kier alpha value is -3.21. The zero-order valence-electron chi connectivity index (χ0n) is 19.3. The normalized spacial score (nSPS) is 28.0. The number of hydrogen-bond acceptors (Lipinski definition) is 6. The first kappa shape index (κ1) is 22.3. The SMILES string of the molecule is Cc1nc2cc(N3CCO[C@H](c4cc[nH]c(=O)c4)C3)nc(C34CC(C(F)(F)F)(C3)C4)c2c(=O)n1C. The van der Waals surface area contributed by atoms with Crippen LogP contribution in [0.2, 0.25) is 0 Å². The first-order valence-electron chi connectivity index (χ1n) is 11.5. The molecule has 4 aliphatic rings. The number of hydrogen-bond donors (Lipinski definition) is 1. The zero-order valence-corrected chi connectivity index (χ0v) is 19.3. The predicted molar refractivity (Wildman–Crippen MR) is 122 cm³/mol. The van der Waals surface area contributed by atoms with Crippen LogP contribution in [0.1, 0.15) is 42.4 Å². The van der Waals surface area contributed by atoms with Gasteiger partial charge in [-0.15, -0.1) is 0 Å². The van der Waals surface area contributed by atoms with Crippen LogP contribution in [0.4, 0.5) is 19.0 Å². The van der Waals surface area contributed by atoms with Gasteiger partial charge in [-0.3, -0.25) is 14.2 Å². The number of fused-ring (bicyclic) bond motifs is 1. The van der Waals surface area contributed by atoms with E-state index in [1.165, 1.54) is 10.6 Å². The van der Waals surface area contributed by atoms with Crippen LogP contribution < -0.4 is 16.0 Å². The quantitative estimate of drug-likeness (QED) is 0.611. The summed E-state index contributed by atoms with van der Waals surface area (Å²) in [7, 11) is 1.61. The minimum absolute atomic E-state index is 0.0510. The second kappa shape index (κ2) is 7.16. The fraction of sp³-hybridized carbons (Fsp3) is 0.500. The maximum absolute atomic E-state index is 13.6. The van der Waals surface area contributed by atoms with Gasteiger partial charge in [0.2, 0.25) is 5.56 Å². The van der Waals surface area contributed by atoms with Gasteiger partial charge in [-0.05, 0) is 37.8 Å². The summed E-state index contributed by atoms with van der Waals surface area (Å²) in [4.78, 5) is 39.0. The Kier molecular flexibility index (Phi) is 4.55. The number of pyridine rings is 2. The molecule has 0 aromatic carbocycles. The molecule has 0 amide bonds. The molecule has 1 aliphatic heterocycles. The van der Waals surface area contributed by atoms with E-state index in [-0.39, 0.29) is 36.5 Å². The molecule has 0 spiro atoms. The molecule has 8 nitrogen and oxygen atoms in total. The van der Waals surface area contributed by atoms with Crippen molar-refractivity contribution >= 4 is 16.7 Å². The molecular formula is C24H24F3N5O3.